The zero-order chi connectivity index (χ0) is 36.3. The fraction of sp³-hybridized carbons (Fsp3) is 0.742. The molecule has 0 spiro atoms. The summed E-state index contributed by atoms with van der Waals surface area (Å²) in [5.74, 6) is -1.07. The highest BCUT2D eigenvalue weighted by Gasteiger charge is 2.30. The molecular formula is C31H53N4O11P. The predicted octanol–water partition coefficient (Wildman–Crippen LogP) is 7.20. The van der Waals surface area contributed by atoms with E-state index >= 15 is 0 Å². The van der Waals surface area contributed by atoms with Gasteiger partial charge in [0.25, 0.3) is 0 Å². The molecule has 0 aromatic carbocycles. The van der Waals surface area contributed by atoms with Crippen LogP contribution in [0.5, 0.6) is 0 Å². The van der Waals surface area contributed by atoms with Gasteiger partial charge in [-0.2, -0.15) is 4.98 Å². The van der Waals surface area contributed by atoms with Crippen molar-refractivity contribution in [1.29, 1.82) is 0 Å². The second kappa shape index (κ2) is 17.2. The van der Waals surface area contributed by atoms with Crippen molar-refractivity contribution in [2.24, 2.45) is 10.8 Å². The molecule has 0 atom stereocenters. The monoisotopic (exact) mass is 688 g/mol. The van der Waals surface area contributed by atoms with E-state index in [1.807, 2.05) is 0 Å². The van der Waals surface area contributed by atoms with Crippen LogP contribution in [0, 0.1) is 10.8 Å². The van der Waals surface area contributed by atoms with E-state index in [1.165, 1.54) is 0 Å². The van der Waals surface area contributed by atoms with E-state index in [4.69, 9.17) is 28.0 Å². The first-order chi connectivity index (χ1) is 21.3. The lowest BCUT2D eigenvalue weighted by atomic mass is 9.98. The van der Waals surface area contributed by atoms with Gasteiger partial charge in [0.1, 0.15) is 17.0 Å². The maximum Gasteiger partial charge on any atom is 0.414 e. The summed E-state index contributed by atoms with van der Waals surface area (Å²) in [5.41, 5.74) is -2.58. The molecule has 0 saturated heterocycles. The third-order valence-corrected chi connectivity index (χ3v) is 7.35. The van der Waals surface area contributed by atoms with Gasteiger partial charge in [-0.05, 0) is 102 Å². The number of rotatable bonds is 14. The molecule has 0 unspecified atom stereocenters. The molecule has 0 aliphatic carbocycles. The zero-order valence-corrected chi connectivity index (χ0v) is 30.8. The molecule has 1 heterocycles. The molecule has 0 aliphatic heterocycles. The number of aryl methyl sites for hydroxylation is 1. The third kappa shape index (κ3) is 18.6. The van der Waals surface area contributed by atoms with E-state index in [0.717, 1.165) is 0 Å². The number of ether oxygens (including phenoxy) is 4. The van der Waals surface area contributed by atoms with Crippen LogP contribution in [0.2, 0.25) is 0 Å². The van der Waals surface area contributed by atoms with Crippen molar-refractivity contribution in [2.75, 3.05) is 30.4 Å². The van der Waals surface area contributed by atoms with Crippen LogP contribution < -0.4 is 10.6 Å². The number of hydrogen-bond acceptors (Lipinski definition) is 13. The van der Waals surface area contributed by atoms with E-state index in [2.05, 4.69) is 20.6 Å². The summed E-state index contributed by atoms with van der Waals surface area (Å²) in [6, 6.07) is 1.55. The van der Waals surface area contributed by atoms with Crippen LogP contribution in [0.1, 0.15) is 108 Å². The summed E-state index contributed by atoms with van der Waals surface area (Å²) in [7, 11) is -3.83. The van der Waals surface area contributed by atoms with Gasteiger partial charge in [0.15, 0.2) is 0 Å². The highest BCUT2D eigenvalue weighted by Crippen LogP contribution is 2.49. The van der Waals surface area contributed by atoms with E-state index in [1.54, 1.807) is 89.2 Å². The Morgan fingerprint density at radius 1 is 0.681 bits per heavy atom. The highest BCUT2D eigenvalue weighted by molar-refractivity contribution is 7.53. The van der Waals surface area contributed by atoms with Gasteiger partial charge in [-0.15, -0.1) is 0 Å². The summed E-state index contributed by atoms with van der Waals surface area (Å²) in [4.78, 5) is 57.5. The number of carbonyl (C=O) groups excluding carboxylic acids is 4. The summed E-state index contributed by atoms with van der Waals surface area (Å²) in [5, 5.41) is 5.03. The summed E-state index contributed by atoms with van der Waals surface area (Å²) < 4.78 is 45.0. The van der Waals surface area contributed by atoms with Gasteiger partial charge in [-0.25, -0.2) is 14.6 Å². The van der Waals surface area contributed by atoms with Crippen LogP contribution in [0.3, 0.4) is 0 Å². The fourth-order valence-corrected chi connectivity index (χ4v) is 4.63. The summed E-state index contributed by atoms with van der Waals surface area (Å²) in [6.07, 6.45) is 0.300. The van der Waals surface area contributed by atoms with Gasteiger partial charge in [-0.1, -0.05) is 6.42 Å². The van der Waals surface area contributed by atoms with Crippen molar-refractivity contribution in [3.05, 3.63) is 11.8 Å². The van der Waals surface area contributed by atoms with Gasteiger partial charge in [-0.3, -0.25) is 33.8 Å². The number of amides is 2. The average Bonchev–Trinajstić information content (AvgIpc) is 2.84. The number of nitrogens with zero attached hydrogens (tertiary/aromatic N) is 2. The lowest BCUT2D eigenvalue weighted by Gasteiger charge is -2.22. The molecule has 1 aromatic heterocycles. The van der Waals surface area contributed by atoms with Crippen molar-refractivity contribution >= 4 is 43.5 Å². The van der Waals surface area contributed by atoms with E-state index in [9.17, 15) is 23.7 Å². The number of carbonyl (C=O) groups is 4. The Bertz CT molecular complexity index is 1190. The molecule has 1 rings (SSSR count). The third-order valence-electron chi connectivity index (χ3n) is 5.49. The lowest BCUT2D eigenvalue weighted by Crippen LogP contribution is -2.29. The van der Waals surface area contributed by atoms with Gasteiger partial charge in [0.2, 0.25) is 19.5 Å². The number of anilines is 2. The van der Waals surface area contributed by atoms with E-state index in [0.29, 0.717) is 31.4 Å². The van der Waals surface area contributed by atoms with Crippen molar-refractivity contribution in [1.82, 2.24) is 9.97 Å². The molecule has 15 nitrogen and oxygen atoms in total. The van der Waals surface area contributed by atoms with E-state index < -0.39 is 67.3 Å². The predicted molar refractivity (Wildman–Crippen MR) is 175 cm³/mol. The summed E-state index contributed by atoms with van der Waals surface area (Å²) in [6.45, 7) is 19.1. The Hall–Kier alpha value is -3.29. The van der Waals surface area contributed by atoms with Crippen LogP contribution >= 0.6 is 7.60 Å². The number of hydrogen-bond donors (Lipinski definition) is 2. The average molecular weight is 689 g/mol. The van der Waals surface area contributed by atoms with Crippen LogP contribution in [0.15, 0.2) is 6.07 Å². The molecule has 268 valence electrons. The van der Waals surface area contributed by atoms with Crippen molar-refractivity contribution in [3.63, 3.8) is 0 Å². The number of unbranched alkanes of at least 4 members (excludes halogenated alkanes) is 2. The first-order valence-corrected chi connectivity index (χ1v) is 17.1. The minimum Gasteiger partial charge on any atom is -0.444 e. The number of aromatic nitrogens is 2. The number of nitrogens with one attached hydrogen (secondary N) is 2. The smallest absolute Gasteiger partial charge is 0.414 e. The standard InChI is InChI=1S/C31H53N4O11P/c1-28(2,3)23(36)41-19-43-47(40,44-20-42-24(37)29(4,5)6)17-15-13-14-16-21-18-22(34-26(38)45-30(7,8)9)33-25(32-21)35-27(39)46-31(10,11)12/h18H,13-17,19-20H2,1-12H3,(H2,32,33,34,35,38,39). The molecule has 0 fully saturated rings. The topological polar surface area (TPSA) is 191 Å². The Morgan fingerprint density at radius 2 is 1.15 bits per heavy atom. The minimum absolute atomic E-state index is 0.0478. The largest absolute Gasteiger partial charge is 0.444 e. The highest BCUT2D eigenvalue weighted by atomic mass is 31.2. The molecule has 0 radical (unpaired) electrons. The van der Waals surface area contributed by atoms with Crippen molar-refractivity contribution in [2.45, 2.75) is 120 Å². The van der Waals surface area contributed by atoms with Crippen LogP contribution in [-0.4, -0.2) is 65.0 Å². The first-order valence-electron chi connectivity index (χ1n) is 15.4. The van der Waals surface area contributed by atoms with Crippen molar-refractivity contribution < 1.29 is 51.7 Å². The second-order valence-electron chi connectivity index (χ2n) is 14.8. The molecule has 0 bridgehead atoms. The Labute approximate surface area is 278 Å². The molecule has 2 N–H and O–H groups in total. The maximum absolute atomic E-state index is 13.4. The molecule has 0 aliphatic rings. The quantitative estimate of drug-likeness (QED) is 0.0656. The molecule has 16 heteroatoms. The van der Waals surface area contributed by atoms with Gasteiger partial charge in [0, 0.05) is 11.8 Å². The fourth-order valence-electron chi connectivity index (χ4n) is 3.26. The Kier molecular flexibility index (Phi) is 15.3. The normalized spacial score (nSPS) is 12.6. The van der Waals surface area contributed by atoms with Gasteiger partial charge >= 0.3 is 31.7 Å². The van der Waals surface area contributed by atoms with Crippen LogP contribution in [0.4, 0.5) is 21.4 Å². The Balaban J connectivity index is 2.94. The lowest BCUT2D eigenvalue weighted by molar-refractivity contribution is -0.162. The number of esters is 2. The van der Waals surface area contributed by atoms with Gasteiger partial charge < -0.3 is 18.9 Å². The SMILES string of the molecule is CC(C)(C)OC(=O)Nc1cc(CCCCCP(=O)(OCOC(=O)C(C)(C)C)OCOC(=O)C(C)(C)C)nc(NC(=O)OC(C)(C)C)n1. The first kappa shape index (κ1) is 41.7. The maximum atomic E-state index is 13.4. The molecule has 47 heavy (non-hydrogen) atoms. The minimum atomic E-state index is -3.83. The molecule has 2 amide bonds. The van der Waals surface area contributed by atoms with Crippen LogP contribution in [0.25, 0.3) is 0 Å². The molecule has 0 saturated carbocycles. The molecule has 1 aromatic rings. The van der Waals surface area contributed by atoms with Crippen molar-refractivity contribution in [3.8, 4) is 0 Å². The Morgan fingerprint density at radius 3 is 1.60 bits per heavy atom. The molecular weight excluding hydrogens is 635 g/mol. The van der Waals surface area contributed by atoms with Gasteiger partial charge in [0.05, 0.1) is 17.0 Å². The second-order valence-corrected chi connectivity index (χ2v) is 17.0. The summed E-state index contributed by atoms with van der Waals surface area (Å²) >= 11 is 0. The zero-order valence-electron chi connectivity index (χ0n) is 29.9. The van der Waals surface area contributed by atoms with Crippen LogP contribution in [-0.2, 0) is 48.6 Å². The van der Waals surface area contributed by atoms with E-state index in [-0.39, 0.29) is 17.9 Å².